The number of nitrogens with zero attached hydrogens (tertiary/aromatic N) is 3. The highest BCUT2D eigenvalue weighted by molar-refractivity contribution is 8.02. The van der Waals surface area contributed by atoms with E-state index in [2.05, 4.69) is 62.0 Å². The number of rotatable bonds is 13. The Morgan fingerprint density at radius 3 is 1.00 bits per heavy atom. The lowest BCUT2D eigenvalue weighted by Crippen LogP contribution is -1.94. The van der Waals surface area contributed by atoms with Crippen molar-refractivity contribution >= 4 is 85.7 Å². The van der Waals surface area contributed by atoms with Gasteiger partial charge in [0, 0.05) is 16.7 Å². The predicted octanol–water partition coefficient (Wildman–Crippen LogP) is 14.3. The van der Waals surface area contributed by atoms with E-state index in [1.165, 1.54) is 57.5 Å². The maximum atomic E-state index is 12.1. The average molecular weight is 939 g/mol. The monoisotopic (exact) mass is 938 g/mol. The van der Waals surface area contributed by atoms with Crippen LogP contribution in [0.25, 0.3) is 33.1 Å². The van der Waals surface area contributed by atoms with Crippen molar-refractivity contribution in [3.63, 3.8) is 0 Å². The number of hydrogen-bond acceptors (Lipinski definition) is 9. The molecule has 0 bridgehead atoms. The van der Waals surface area contributed by atoms with Crippen LogP contribution >= 0.6 is 35.3 Å². The maximum absolute atomic E-state index is 12.1. The highest BCUT2D eigenvalue weighted by atomic mass is 32.2. The van der Waals surface area contributed by atoms with E-state index < -0.39 is 0 Å². The van der Waals surface area contributed by atoms with Crippen molar-refractivity contribution in [1.29, 1.82) is 0 Å². The van der Waals surface area contributed by atoms with Crippen molar-refractivity contribution in [2.75, 3.05) is 0 Å². The Morgan fingerprint density at radius 1 is 0.418 bits per heavy atom. The molecule has 3 heterocycles. The number of allylic oxidation sites excluding steroid dienone is 3. The molecule has 0 radical (unpaired) electrons. The van der Waals surface area contributed by atoms with Crippen molar-refractivity contribution in [2.45, 2.75) is 63.4 Å². The van der Waals surface area contributed by atoms with Gasteiger partial charge in [0.05, 0.1) is 33.1 Å². The van der Waals surface area contributed by atoms with E-state index in [4.69, 9.17) is 0 Å². The maximum Gasteiger partial charge on any atom is 0.186 e. The largest absolute Gasteiger partial charge is 0.333 e. The Hall–Kier alpha value is -6.99. The Morgan fingerprint density at radius 2 is 0.701 bits per heavy atom. The molecule has 9 aromatic rings. The van der Waals surface area contributed by atoms with Crippen LogP contribution in [0.1, 0.15) is 71.4 Å². The number of nitrogens with one attached hydrogen (secondary N) is 3. The second-order valence-electron chi connectivity index (χ2n) is 15.8. The summed E-state index contributed by atoms with van der Waals surface area (Å²) < 4.78 is 0. The minimum absolute atomic E-state index is 0.000504. The van der Waals surface area contributed by atoms with Crippen molar-refractivity contribution in [1.82, 2.24) is 29.9 Å². The molecule has 336 valence electrons. The number of aryl methyl sites for hydroxylation is 6. The normalized spacial score (nSPS) is 11.4. The minimum atomic E-state index is -0.000504. The molecule has 0 unspecified atom stereocenters. The number of imidazole rings is 3. The number of ketones is 3. The van der Waals surface area contributed by atoms with Crippen LogP contribution in [0.4, 0.5) is 0 Å². The zero-order chi connectivity index (χ0) is 47.3. The standard InChI is InChI=1S/C19H18N2OS.2C18H16N2OS/c1-3-14-5-7-15(8-6-14)18(22)10-11-23-19-20-16-9-4-13(2)12-17(16)21-19;2*1-12-3-6-14(7-4-12)17(21)9-10-22-18-19-15-8-5-13(2)11-16(15)20-18/h4-12H,3H2,1-2H3,(H,20,21);2*3-11H,1-2H3,(H,19,20)/b11-10+;2*10-9+. The molecule has 0 atom stereocenters. The first-order valence-corrected chi connectivity index (χ1v) is 24.3. The number of carbonyl (C=O) groups is 3. The van der Waals surface area contributed by atoms with E-state index in [1.54, 1.807) is 34.5 Å². The average Bonchev–Trinajstić information content (AvgIpc) is 4.05. The molecule has 0 saturated heterocycles. The lowest BCUT2D eigenvalue weighted by Gasteiger charge is -1.98. The topological polar surface area (TPSA) is 137 Å². The highest BCUT2D eigenvalue weighted by Gasteiger charge is 2.07. The molecule has 0 aliphatic rings. The van der Waals surface area contributed by atoms with Gasteiger partial charge in [-0.2, -0.15) is 0 Å². The molecule has 9 rings (SSSR count). The van der Waals surface area contributed by atoms with Gasteiger partial charge in [-0.3, -0.25) is 14.4 Å². The van der Waals surface area contributed by atoms with Crippen LogP contribution in [0.15, 0.2) is 177 Å². The molecule has 3 N–H and O–H groups in total. The van der Waals surface area contributed by atoms with Crippen LogP contribution in [-0.4, -0.2) is 47.3 Å². The first-order valence-electron chi connectivity index (χ1n) is 21.6. The summed E-state index contributed by atoms with van der Waals surface area (Å²) in [5.74, 6) is 0.00557. The number of benzene rings is 6. The van der Waals surface area contributed by atoms with Gasteiger partial charge in [-0.1, -0.05) is 144 Å². The molecule has 0 fully saturated rings. The highest BCUT2D eigenvalue weighted by Crippen LogP contribution is 2.24. The zero-order valence-corrected chi connectivity index (χ0v) is 40.5. The van der Waals surface area contributed by atoms with Crippen LogP contribution < -0.4 is 0 Å². The van der Waals surface area contributed by atoms with E-state index in [0.29, 0.717) is 16.7 Å². The number of H-pyrrole nitrogens is 3. The number of aromatic nitrogens is 6. The Labute approximate surface area is 403 Å². The molecule has 0 aliphatic carbocycles. The molecule has 6 aromatic carbocycles. The second kappa shape index (κ2) is 23.0. The van der Waals surface area contributed by atoms with Crippen LogP contribution in [0, 0.1) is 34.6 Å². The summed E-state index contributed by atoms with van der Waals surface area (Å²) in [6.07, 6.45) is 5.72. The first-order chi connectivity index (χ1) is 32.4. The van der Waals surface area contributed by atoms with Gasteiger partial charge in [-0.25, -0.2) is 15.0 Å². The molecular weight excluding hydrogens is 889 g/mol. The van der Waals surface area contributed by atoms with Crippen molar-refractivity contribution in [2.24, 2.45) is 0 Å². The molecule has 0 aliphatic heterocycles. The second-order valence-corrected chi connectivity index (χ2v) is 18.5. The lowest BCUT2D eigenvalue weighted by molar-refractivity contribution is 0.103. The van der Waals surface area contributed by atoms with Crippen LogP contribution in [0.5, 0.6) is 0 Å². The number of fused-ring (bicyclic) bond motifs is 3. The van der Waals surface area contributed by atoms with E-state index in [9.17, 15) is 14.4 Å². The predicted molar refractivity (Wildman–Crippen MR) is 279 cm³/mol. The van der Waals surface area contributed by atoms with Gasteiger partial charge >= 0.3 is 0 Å². The fraction of sp³-hybridized carbons (Fsp3) is 0.127. The summed E-state index contributed by atoms with van der Waals surface area (Å²) >= 11 is 4.23. The summed E-state index contributed by atoms with van der Waals surface area (Å²) in [6.45, 7) is 12.3. The van der Waals surface area contributed by atoms with Gasteiger partial charge in [0.1, 0.15) is 0 Å². The number of aromatic amines is 3. The fourth-order valence-corrected chi connectivity index (χ4v) is 8.50. The molecule has 0 saturated carbocycles. The Balaban J connectivity index is 0.000000149. The molecule has 67 heavy (non-hydrogen) atoms. The third kappa shape index (κ3) is 13.8. The molecule has 12 heteroatoms. The quantitative estimate of drug-likeness (QED) is 0.0586. The first kappa shape index (κ1) is 48.0. The molecular formula is C55H50N6O3S3. The van der Waals surface area contributed by atoms with Gasteiger partial charge in [0.15, 0.2) is 32.8 Å². The van der Waals surface area contributed by atoms with E-state index in [1.807, 2.05) is 137 Å². The third-order valence-corrected chi connectivity index (χ3v) is 12.4. The molecule has 0 amide bonds. The molecule has 3 aromatic heterocycles. The van der Waals surface area contributed by atoms with Gasteiger partial charge in [-0.05, 0) is 134 Å². The number of hydrogen-bond donors (Lipinski definition) is 3. The zero-order valence-electron chi connectivity index (χ0n) is 38.1. The van der Waals surface area contributed by atoms with Gasteiger partial charge in [-0.15, -0.1) is 0 Å². The Bertz CT molecular complexity index is 3110. The van der Waals surface area contributed by atoms with E-state index in [0.717, 1.165) is 66.1 Å². The van der Waals surface area contributed by atoms with Gasteiger partial charge in [0.25, 0.3) is 0 Å². The van der Waals surface area contributed by atoms with Crippen LogP contribution in [0.2, 0.25) is 0 Å². The minimum Gasteiger partial charge on any atom is -0.333 e. The van der Waals surface area contributed by atoms with Crippen molar-refractivity contribution in [3.05, 3.63) is 212 Å². The lowest BCUT2D eigenvalue weighted by atomic mass is 10.1. The van der Waals surface area contributed by atoms with Crippen molar-refractivity contribution in [3.8, 4) is 0 Å². The van der Waals surface area contributed by atoms with Crippen molar-refractivity contribution < 1.29 is 14.4 Å². The van der Waals surface area contributed by atoms with Crippen LogP contribution in [0.3, 0.4) is 0 Å². The summed E-state index contributed by atoms with van der Waals surface area (Å²) in [5.41, 5.74) is 15.1. The Kier molecular flexibility index (Phi) is 16.4. The summed E-state index contributed by atoms with van der Waals surface area (Å²) in [6, 6.07) is 41.2. The molecule has 9 nitrogen and oxygen atoms in total. The van der Waals surface area contributed by atoms with Gasteiger partial charge < -0.3 is 15.0 Å². The van der Waals surface area contributed by atoms with Gasteiger partial charge in [0.2, 0.25) is 0 Å². The number of carbonyl (C=O) groups excluding carboxylic acids is 3. The number of thioether (sulfide) groups is 3. The van der Waals surface area contributed by atoms with E-state index >= 15 is 0 Å². The van der Waals surface area contributed by atoms with Crippen LogP contribution in [-0.2, 0) is 6.42 Å². The third-order valence-electron chi connectivity index (χ3n) is 10.4. The smallest absolute Gasteiger partial charge is 0.186 e. The molecule has 0 spiro atoms. The fourth-order valence-electron chi connectivity index (χ4n) is 6.58. The summed E-state index contributed by atoms with van der Waals surface area (Å²) in [7, 11) is 0. The van der Waals surface area contributed by atoms with E-state index in [-0.39, 0.29) is 17.3 Å². The summed E-state index contributed by atoms with van der Waals surface area (Å²) in [4.78, 5) is 59.4. The summed E-state index contributed by atoms with van der Waals surface area (Å²) in [5, 5.41) is 7.68. The SMILES string of the molecule is CCc1ccc(C(=O)/C=C/Sc2nc3ccc(C)cc3[nH]2)cc1.Cc1ccc(C(=O)/C=C/Sc2nc3ccc(C)cc3[nH]2)cc1.Cc1ccc(C(=O)/C=C/Sc2nc3ccc(C)cc3[nH]2)cc1.